The lowest BCUT2D eigenvalue weighted by atomic mass is 10.1. The third-order valence-corrected chi connectivity index (χ3v) is 3.94. The van der Waals surface area contributed by atoms with E-state index in [1.54, 1.807) is 6.07 Å². The third-order valence-electron chi connectivity index (χ3n) is 3.53. The Balaban J connectivity index is 1.57. The van der Waals surface area contributed by atoms with Crippen LogP contribution in [0.3, 0.4) is 0 Å². The summed E-state index contributed by atoms with van der Waals surface area (Å²) in [5, 5.41) is 3.50. The highest BCUT2D eigenvalue weighted by Gasteiger charge is 2.13. The average molecular weight is 318 g/mol. The molecule has 1 amide bonds. The normalized spacial score (nSPS) is 12.3. The fourth-order valence-electron chi connectivity index (χ4n) is 2.25. The second-order valence-corrected chi connectivity index (χ2v) is 5.61. The van der Waals surface area contributed by atoms with Gasteiger partial charge in [0.2, 0.25) is 12.7 Å². The van der Waals surface area contributed by atoms with Gasteiger partial charge < -0.3 is 14.8 Å². The van der Waals surface area contributed by atoms with Gasteiger partial charge in [0.25, 0.3) is 0 Å². The number of fused-ring (bicyclic) bond motifs is 1. The highest BCUT2D eigenvalue weighted by atomic mass is 35.5. The van der Waals surface area contributed by atoms with Gasteiger partial charge in [0, 0.05) is 17.1 Å². The molecule has 0 unspecified atom stereocenters. The first-order chi connectivity index (χ1) is 10.6. The van der Waals surface area contributed by atoms with Gasteiger partial charge in [0.1, 0.15) is 0 Å². The van der Waals surface area contributed by atoms with Crippen molar-refractivity contribution in [3.05, 3.63) is 52.5 Å². The van der Waals surface area contributed by atoms with Crippen molar-refractivity contribution < 1.29 is 14.3 Å². The van der Waals surface area contributed by atoms with Crippen molar-refractivity contribution in [3.63, 3.8) is 0 Å². The van der Waals surface area contributed by atoms with E-state index in [1.165, 1.54) is 0 Å². The van der Waals surface area contributed by atoms with Crippen LogP contribution in [0.2, 0.25) is 5.02 Å². The number of hydrogen-bond donors (Lipinski definition) is 1. The lowest BCUT2D eigenvalue weighted by Crippen LogP contribution is -2.12. The van der Waals surface area contributed by atoms with Crippen LogP contribution in [0.5, 0.6) is 11.5 Å². The Morgan fingerprint density at radius 3 is 2.82 bits per heavy atom. The molecule has 0 saturated carbocycles. The molecule has 22 heavy (non-hydrogen) atoms. The minimum atomic E-state index is -0.0439. The molecule has 0 bridgehead atoms. The zero-order chi connectivity index (χ0) is 15.5. The number of hydrogen-bond acceptors (Lipinski definition) is 3. The number of carbonyl (C=O) groups is 1. The fourth-order valence-corrected chi connectivity index (χ4v) is 2.43. The van der Waals surface area contributed by atoms with Gasteiger partial charge in [-0.05, 0) is 48.7 Å². The highest BCUT2D eigenvalue weighted by Crippen LogP contribution is 2.32. The maximum atomic E-state index is 12.0. The molecule has 2 aromatic carbocycles. The van der Waals surface area contributed by atoms with Crippen LogP contribution in [0.15, 0.2) is 36.4 Å². The van der Waals surface area contributed by atoms with Crippen molar-refractivity contribution in [2.75, 3.05) is 12.1 Å². The van der Waals surface area contributed by atoms with E-state index in [-0.39, 0.29) is 12.7 Å². The number of ether oxygens (including phenoxy) is 2. The van der Waals surface area contributed by atoms with Crippen molar-refractivity contribution in [1.82, 2.24) is 0 Å². The fraction of sp³-hybridized carbons (Fsp3) is 0.235. The van der Waals surface area contributed by atoms with E-state index in [2.05, 4.69) is 5.32 Å². The molecule has 114 valence electrons. The minimum absolute atomic E-state index is 0.0439. The van der Waals surface area contributed by atoms with E-state index in [4.69, 9.17) is 21.1 Å². The number of halogens is 1. The molecule has 0 atom stereocenters. The number of aryl methyl sites for hydroxylation is 2. The summed E-state index contributed by atoms with van der Waals surface area (Å²) in [7, 11) is 0. The van der Waals surface area contributed by atoms with E-state index >= 15 is 0 Å². The summed E-state index contributed by atoms with van der Waals surface area (Å²) in [6.07, 6.45) is 1.03. The lowest BCUT2D eigenvalue weighted by Gasteiger charge is -2.07. The molecule has 1 heterocycles. The van der Waals surface area contributed by atoms with E-state index < -0.39 is 0 Å². The first kappa shape index (κ1) is 14.7. The molecular formula is C17H16ClNO3. The molecule has 2 aromatic rings. The van der Waals surface area contributed by atoms with Gasteiger partial charge in [-0.25, -0.2) is 0 Å². The smallest absolute Gasteiger partial charge is 0.231 e. The predicted molar refractivity (Wildman–Crippen MR) is 85.7 cm³/mol. The monoisotopic (exact) mass is 317 g/mol. The highest BCUT2D eigenvalue weighted by molar-refractivity contribution is 6.31. The minimum Gasteiger partial charge on any atom is -0.454 e. The van der Waals surface area contributed by atoms with Crippen molar-refractivity contribution >= 4 is 23.2 Å². The zero-order valence-electron chi connectivity index (χ0n) is 12.2. The quantitative estimate of drug-likeness (QED) is 0.929. The van der Waals surface area contributed by atoms with Crippen LogP contribution in [-0.2, 0) is 11.2 Å². The summed E-state index contributed by atoms with van der Waals surface area (Å²) in [6.45, 7) is 2.18. The average Bonchev–Trinajstić information content (AvgIpc) is 2.96. The van der Waals surface area contributed by atoms with E-state index in [1.807, 2.05) is 37.3 Å². The molecule has 4 nitrogen and oxygen atoms in total. The van der Waals surface area contributed by atoms with Crippen LogP contribution in [0.25, 0.3) is 0 Å². The molecule has 0 saturated heterocycles. The third kappa shape index (κ3) is 3.34. The molecular weight excluding hydrogens is 302 g/mol. The van der Waals surface area contributed by atoms with Crippen LogP contribution in [0.1, 0.15) is 17.5 Å². The van der Waals surface area contributed by atoms with E-state index in [0.29, 0.717) is 23.6 Å². The topological polar surface area (TPSA) is 47.6 Å². The number of carbonyl (C=O) groups excluding carboxylic acids is 1. The van der Waals surface area contributed by atoms with Gasteiger partial charge in [-0.2, -0.15) is 0 Å². The Labute approximate surface area is 134 Å². The van der Waals surface area contributed by atoms with Gasteiger partial charge in [-0.15, -0.1) is 0 Å². The van der Waals surface area contributed by atoms with Crippen LogP contribution < -0.4 is 14.8 Å². The van der Waals surface area contributed by atoms with E-state index in [9.17, 15) is 4.79 Å². The molecule has 0 radical (unpaired) electrons. The number of benzene rings is 2. The Morgan fingerprint density at radius 2 is 2.00 bits per heavy atom. The summed E-state index contributed by atoms with van der Waals surface area (Å²) in [5.74, 6) is 1.45. The predicted octanol–water partition coefficient (Wildman–Crippen LogP) is 3.95. The summed E-state index contributed by atoms with van der Waals surface area (Å²) < 4.78 is 10.6. The molecule has 0 aromatic heterocycles. The van der Waals surface area contributed by atoms with Crippen LogP contribution in [-0.4, -0.2) is 12.7 Å². The summed E-state index contributed by atoms with van der Waals surface area (Å²) in [5.41, 5.74) is 2.74. The van der Waals surface area contributed by atoms with Crippen molar-refractivity contribution in [3.8, 4) is 11.5 Å². The summed E-state index contributed by atoms with van der Waals surface area (Å²) >= 11 is 6.05. The number of anilines is 1. The number of nitrogens with one attached hydrogen (secondary N) is 1. The Bertz CT molecular complexity index is 715. The number of amides is 1. The second kappa shape index (κ2) is 6.28. The maximum Gasteiger partial charge on any atom is 0.231 e. The molecule has 1 aliphatic rings. The van der Waals surface area contributed by atoms with Gasteiger partial charge in [0.05, 0.1) is 0 Å². The maximum absolute atomic E-state index is 12.0. The lowest BCUT2D eigenvalue weighted by molar-refractivity contribution is -0.116. The van der Waals surface area contributed by atoms with Crippen molar-refractivity contribution in [2.24, 2.45) is 0 Å². The summed E-state index contributed by atoms with van der Waals surface area (Å²) in [6, 6.07) is 11.2. The Kier molecular flexibility index (Phi) is 4.20. The zero-order valence-corrected chi connectivity index (χ0v) is 12.9. The van der Waals surface area contributed by atoms with Gasteiger partial charge in [-0.1, -0.05) is 23.7 Å². The van der Waals surface area contributed by atoms with Gasteiger partial charge in [0.15, 0.2) is 11.5 Å². The molecule has 0 spiro atoms. The molecule has 1 aliphatic heterocycles. The molecule has 5 heteroatoms. The SMILES string of the molecule is Cc1ccc(NC(=O)CCc2ccc3c(c2)OCO3)cc1Cl. The number of rotatable bonds is 4. The van der Waals surface area contributed by atoms with Crippen LogP contribution in [0, 0.1) is 6.92 Å². The van der Waals surface area contributed by atoms with Crippen LogP contribution >= 0.6 is 11.6 Å². The van der Waals surface area contributed by atoms with Gasteiger partial charge >= 0.3 is 0 Å². The summed E-state index contributed by atoms with van der Waals surface area (Å²) in [4.78, 5) is 12.0. The molecule has 0 aliphatic carbocycles. The first-order valence-electron chi connectivity index (χ1n) is 7.06. The molecule has 1 N–H and O–H groups in total. The van der Waals surface area contributed by atoms with Crippen LogP contribution in [0.4, 0.5) is 5.69 Å². The second-order valence-electron chi connectivity index (χ2n) is 5.20. The molecule has 0 fully saturated rings. The standard InChI is InChI=1S/C17H16ClNO3/c1-11-2-5-13(9-14(11)18)19-17(20)7-4-12-3-6-15-16(8-12)22-10-21-15/h2-3,5-6,8-9H,4,7,10H2,1H3,(H,19,20). The van der Waals surface area contributed by atoms with E-state index in [0.717, 1.165) is 22.6 Å². The largest absolute Gasteiger partial charge is 0.454 e. The Morgan fingerprint density at radius 1 is 1.18 bits per heavy atom. The van der Waals surface area contributed by atoms with Crippen molar-refractivity contribution in [2.45, 2.75) is 19.8 Å². The molecule has 3 rings (SSSR count). The first-order valence-corrected chi connectivity index (χ1v) is 7.44. The van der Waals surface area contributed by atoms with Crippen molar-refractivity contribution in [1.29, 1.82) is 0 Å². The van der Waals surface area contributed by atoms with Gasteiger partial charge in [-0.3, -0.25) is 4.79 Å². The Hall–Kier alpha value is -2.20.